The number of carbonyl (C=O) groups excluding carboxylic acids is 1. The monoisotopic (exact) mass is 297 g/mol. The molecular formula is C16H15N3OS. The molecule has 0 aliphatic heterocycles. The van der Waals surface area contributed by atoms with E-state index in [9.17, 15) is 4.79 Å². The Hall–Kier alpha value is -2.40. The van der Waals surface area contributed by atoms with Gasteiger partial charge in [-0.1, -0.05) is 12.1 Å². The predicted molar refractivity (Wildman–Crippen MR) is 87.9 cm³/mol. The van der Waals surface area contributed by atoms with Crippen LogP contribution in [0, 0.1) is 13.8 Å². The van der Waals surface area contributed by atoms with Crippen LogP contribution in [0.15, 0.2) is 36.5 Å². The highest BCUT2D eigenvalue weighted by Crippen LogP contribution is 2.34. The number of benzene rings is 1. The van der Waals surface area contributed by atoms with E-state index in [0.29, 0.717) is 16.3 Å². The molecule has 0 radical (unpaired) electrons. The number of anilines is 2. The van der Waals surface area contributed by atoms with Crippen molar-refractivity contribution >= 4 is 38.7 Å². The lowest BCUT2D eigenvalue weighted by Gasteiger charge is -2.06. The average molecular weight is 297 g/mol. The van der Waals surface area contributed by atoms with E-state index in [2.05, 4.69) is 10.3 Å². The van der Waals surface area contributed by atoms with Gasteiger partial charge in [0.25, 0.3) is 5.91 Å². The van der Waals surface area contributed by atoms with E-state index >= 15 is 0 Å². The third kappa shape index (κ3) is 2.48. The number of aryl methyl sites for hydroxylation is 2. The topological polar surface area (TPSA) is 68.0 Å². The standard InChI is InChI=1S/C16H15N3OS/c1-9-5-6-11-13(8-9)21-15(14(11)17)16(20)19-12-4-3-7-18-10(12)2/h3-8H,17H2,1-2H3,(H,19,20). The fourth-order valence-corrected chi connectivity index (χ4v) is 3.30. The second-order valence-electron chi connectivity index (χ2n) is 4.93. The largest absolute Gasteiger partial charge is 0.397 e. The van der Waals surface area contributed by atoms with Crippen LogP contribution < -0.4 is 11.1 Å². The van der Waals surface area contributed by atoms with Gasteiger partial charge in [-0.3, -0.25) is 9.78 Å². The minimum Gasteiger partial charge on any atom is -0.397 e. The molecule has 1 amide bonds. The molecule has 0 atom stereocenters. The zero-order chi connectivity index (χ0) is 15.0. The van der Waals surface area contributed by atoms with E-state index in [0.717, 1.165) is 21.3 Å². The van der Waals surface area contributed by atoms with E-state index in [1.54, 1.807) is 12.3 Å². The number of aromatic nitrogens is 1. The third-order valence-corrected chi connectivity index (χ3v) is 4.51. The van der Waals surface area contributed by atoms with Crippen LogP contribution >= 0.6 is 11.3 Å². The molecule has 5 heteroatoms. The highest BCUT2D eigenvalue weighted by atomic mass is 32.1. The SMILES string of the molecule is Cc1ccc2c(N)c(C(=O)Nc3cccnc3C)sc2c1. The zero-order valence-corrected chi connectivity index (χ0v) is 12.6. The maximum absolute atomic E-state index is 12.4. The highest BCUT2D eigenvalue weighted by molar-refractivity contribution is 7.21. The first-order valence-corrected chi connectivity index (χ1v) is 7.39. The van der Waals surface area contributed by atoms with Crippen LogP contribution in [0.2, 0.25) is 0 Å². The molecule has 0 aliphatic rings. The Morgan fingerprint density at radius 3 is 2.86 bits per heavy atom. The number of fused-ring (bicyclic) bond motifs is 1. The number of hydrogen-bond acceptors (Lipinski definition) is 4. The van der Waals surface area contributed by atoms with Crippen LogP contribution in [0.3, 0.4) is 0 Å². The van der Waals surface area contributed by atoms with Crippen LogP contribution in [0.25, 0.3) is 10.1 Å². The summed E-state index contributed by atoms with van der Waals surface area (Å²) in [5.74, 6) is -0.192. The summed E-state index contributed by atoms with van der Waals surface area (Å²) in [5.41, 5.74) is 9.29. The summed E-state index contributed by atoms with van der Waals surface area (Å²) in [6.07, 6.45) is 1.70. The molecular weight excluding hydrogens is 282 g/mol. The molecule has 3 N–H and O–H groups in total. The van der Waals surface area contributed by atoms with Gasteiger partial charge in [-0.2, -0.15) is 0 Å². The van der Waals surface area contributed by atoms with E-state index in [4.69, 9.17) is 5.73 Å². The van der Waals surface area contributed by atoms with Crippen molar-refractivity contribution in [1.29, 1.82) is 0 Å². The van der Waals surface area contributed by atoms with Crippen molar-refractivity contribution in [3.8, 4) is 0 Å². The minimum atomic E-state index is -0.192. The fourth-order valence-electron chi connectivity index (χ4n) is 2.19. The molecule has 3 aromatic rings. The van der Waals surface area contributed by atoms with E-state index < -0.39 is 0 Å². The number of carbonyl (C=O) groups is 1. The summed E-state index contributed by atoms with van der Waals surface area (Å²) >= 11 is 1.41. The minimum absolute atomic E-state index is 0.192. The van der Waals surface area contributed by atoms with Gasteiger partial charge in [-0.05, 0) is 37.6 Å². The van der Waals surface area contributed by atoms with Gasteiger partial charge in [0.05, 0.1) is 17.1 Å². The Balaban J connectivity index is 1.98. The normalized spacial score (nSPS) is 10.8. The molecule has 0 unspecified atom stereocenters. The average Bonchev–Trinajstić information content (AvgIpc) is 2.78. The van der Waals surface area contributed by atoms with Gasteiger partial charge in [-0.15, -0.1) is 11.3 Å². The first-order chi connectivity index (χ1) is 10.1. The Morgan fingerprint density at radius 2 is 2.10 bits per heavy atom. The number of rotatable bonds is 2. The third-order valence-electron chi connectivity index (χ3n) is 3.35. The van der Waals surface area contributed by atoms with E-state index in [1.807, 2.05) is 38.1 Å². The number of nitrogens with zero attached hydrogens (tertiary/aromatic N) is 1. The van der Waals surface area contributed by atoms with Crippen molar-refractivity contribution in [3.63, 3.8) is 0 Å². The van der Waals surface area contributed by atoms with Gasteiger partial charge in [0.15, 0.2) is 0 Å². The van der Waals surface area contributed by atoms with Crippen molar-refractivity contribution in [2.75, 3.05) is 11.1 Å². The summed E-state index contributed by atoms with van der Waals surface area (Å²) in [6, 6.07) is 9.62. The molecule has 2 heterocycles. The molecule has 106 valence electrons. The number of hydrogen-bond donors (Lipinski definition) is 2. The lowest BCUT2D eigenvalue weighted by atomic mass is 10.1. The van der Waals surface area contributed by atoms with Gasteiger partial charge in [0, 0.05) is 16.3 Å². The molecule has 0 bridgehead atoms. The molecule has 0 saturated carbocycles. The van der Waals surface area contributed by atoms with Gasteiger partial charge in [-0.25, -0.2) is 0 Å². The van der Waals surface area contributed by atoms with Crippen molar-refractivity contribution in [2.45, 2.75) is 13.8 Å². The van der Waals surface area contributed by atoms with Crippen LogP contribution in [0.1, 0.15) is 20.9 Å². The van der Waals surface area contributed by atoms with Crippen LogP contribution in [-0.4, -0.2) is 10.9 Å². The number of nitrogen functional groups attached to an aromatic ring is 1. The van der Waals surface area contributed by atoms with Gasteiger partial charge in [0.2, 0.25) is 0 Å². The number of thiophene rings is 1. The Kier molecular flexibility index (Phi) is 3.35. The van der Waals surface area contributed by atoms with Crippen molar-refractivity contribution in [2.24, 2.45) is 0 Å². The molecule has 0 spiro atoms. The molecule has 4 nitrogen and oxygen atoms in total. The lowest BCUT2D eigenvalue weighted by molar-refractivity contribution is 0.103. The Labute approximate surface area is 126 Å². The second-order valence-corrected chi connectivity index (χ2v) is 5.99. The Morgan fingerprint density at radius 1 is 1.29 bits per heavy atom. The van der Waals surface area contributed by atoms with E-state index in [1.165, 1.54) is 11.3 Å². The van der Waals surface area contributed by atoms with Crippen molar-refractivity contribution < 1.29 is 4.79 Å². The lowest BCUT2D eigenvalue weighted by Crippen LogP contribution is -2.13. The Bertz CT molecular complexity index is 839. The summed E-state index contributed by atoms with van der Waals surface area (Å²) in [7, 11) is 0. The van der Waals surface area contributed by atoms with Crippen molar-refractivity contribution in [3.05, 3.63) is 52.7 Å². The summed E-state index contributed by atoms with van der Waals surface area (Å²) in [6.45, 7) is 3.88. The molecule has 21 heavy (non-hydrogen) atoms. The fraction of sp³-hybridized carbons (Fsp3) is 0.125. The van der Waals surface area contributed by atoms with Crippen LogP contribution in [0.4, 0.5) is 11.4 Å². The quantitative estimate of drug-likeness (QED) is 0.757. The second kappa shape index (κ2) is 5.18. The number of nitrogens with two attached hydrogens (primary N) is 1. The highest BCUT2D eigenvalue weighted by Gasteiger charge is 2.17. The van der Waals surface area contributed by atoms with Gasteiger partial charge in [0.1, 0.15) is 4.88 Å². The molecule has 0 fully saturated rings. The number of nitrogens with one attached hydrogen (secondary N) is 1. The smallest absolute Gasteiger partial charge is 0.267 e. The maximum atomic E-state index is 12.4. The first kappa shape index (κ1) is 13.6. The maximum Gasteiger partial charge on any atom is 0.267 e. The van der Waals surface area contributed by atoms with Crippen LogP contribution in [-0.2, 0) is 0 Å². The van der Waals surface area contributed by atoms with Crippen molar-refractivity contribution in [1.82, 2.24) is 4.98 Å². The molecule has 0 saturated heterocycles. The molecule has 2 aromatic heterocycles. The summed E-state index contributed by atoms with van der Waals surface area (Å²) < 4.78 is 1.03. The molecule has 3 rings (SSSR count). The first-order valence-electron chi connectivity index (χ1n) is 6.58. The number of amides is 1. The number of pyridine rings is 1. The predicted octanol–water partition coefficient (Wildman–Crippen LogP) is 3.75. The zero-order valence-electron chi connectivity index (χ0n) is 11.8. The summed E-state index contributed by atoms with van der Waals surface area (Å²) in [5, 5.41) is 3.80. The summed E-state index contributed by atoms with van der Waals surface area (Å²) in [4.78, 5) is 17.1. The van der Waals surface area contributed by atoms with E-state index in [-0.39, 0.29) is 5.91 Å². The van der Waals surface area contributed by atoms with Crippen LogP contribution in [0.5, 0.6) is 0 Å². The molecule has 0 aliphatic carbocycles. The van der Waals surface area contributed by atoms with Gasteiger partial charge >= 0.3 is 0 Å². The van der Waals surface area contributed by atoms with Gasteiger partial charge < -0.3 is 11.1 Å². The molecule has 1 aromatic carbocycles.